The minimum Gasteiger partial charge on any atom is -0.444 e. The summed E-state index contributed by atoms with van der Waals surface area (Å²) < 4.78 is 6.00. The van der Waals surface area contributed by atoms with Gasteiger partial charge < -0.3 is 14.7 Å². The molecule has 0 aliphatic heterocycles. The average molecular weight is 443 g/mol. The van der Waals surface area contributed by atoms with Crippen LogP contribution in [0.3, 0.4) is 0 Å². The molecule has 1 saturated carbocycles. The highest BCUT2D eigenvalue weighted by atomic mass is 16.4. The molecule has 0 unspecified atom stereocenters. The third-order valence-corrected chi connectivity index (χ3v) is 7.45. The minimum atomic E-state index is 0.0477. The second-order valence-electron chi connectivity index (χ2n) is 9.66. The van der Waals surface area contributed by atoms with Crippen LogP contribution in [0.1, 0.15) is 54.5 Å². The van der Waals surface area contributed by atoms with Gasteiger partial charge in [-0.25, -0.2) is 4.98 Å². The van der Waals surface area contributed by atoms with Crippen molar-refractivity contribution in [2.24, 2.45) is 0 Å². The number of aryl methyl sites for hydroxylation is 1. The maximum Gasteiger partial charge on any atom is 0.211 e. The lowest BCUT2D eigenvalue weighted by molar-refractivity contribution is 0.0823. The molecule has 1 aliphatic rings. The third kappa shape index (κ3) is 4.35. The summed E-state index contributed by atoms with van der Waals surface area (Å²) in [6, 6.07) is 20.0. The highest BCUT2D eigenvalue weighted by Gasteiger charge is 2.39. The van der Waals surface area contributed by atoms with E-state index in [-0.39, 0.29) is 11.6 Å². The van der Waals surface area contributed by atoms with Gasteiger partial charge in [-0.2, -0.15) is 0 Å². The van der Waals surface area contributed by atoms with E-state index in [1.54, 1.807) is 0 Å². The molecule has 1 atom stereocenters. The van der Waals surface area contributed by atoms with Crippen LogP contribution in [-0.4, -0.2) is 35.0 Å². The first-order chi connectivity index (χ1) is 16.0. The van der Waals surface area contributed by atoms with Crippen molar-refractivity contribution in [1.82, 2.24) is 20.2 Å². The van der Waals surface area contributed by atoms with Crippen molar-refractivity contribution in [1.29, 1.82) is 0 Å². The lowest BCUT2D eigenvalue weighted by Gasteiger charge is -2.46. The number of para-hydroxylation sites is 1. The molecule has 33 heavy (non-hydrogen) atoms. The molecule has 2 N–H and O–H groups in total. The van der Waals surface area contributed by atoms with Crippen LogP contribution in [0.5, 0.6) is 0 Å². The van der Waals surface area contributed by atoms with Crippen LogP contribution in [0, 0.1) is 6.92 Å². The molecule has 2 heterocycles. The van der Waals surface area contributed by atoms with Crippen molar-refractivity contribution in [3.05, 3.63) is 89.8 Å². The molecule has 0 amide bonds. The van der Waals surface area contributed by atoms with Crippen molar-refractivity contribution < 1.29 is 4.42 Å². The van der Waals surface area contributed by atoms with Crippen LogP contribution < -0.4 is 5.32 Å². The van der Waals surface area contributed by atoms with Crippen LogP contribution in [0.25, 0.3) is 10.9 Å². The molecular weight excluding hydrogens is 408 g/mol. The van der Waals surface area contributed by atoms with Gasteiger partial charge in [-0.1, -0.05) is 48.5 Å². The zero-order chi connectivity index (χ0) is 22.8. The van der Waals surface area contributed by atoms with Crippen LogP contribution in [0.4, 0.5) is 0 Å². The van der Waals surface area contributed by atoms with E-state index >= 15 is 0 Å². The Kier molecular flexibility index (Phi) is 6.09. The summed E-state index contributed by atoms with van der Waals surface area (Å²) in [4.78, 5) is 10.4. The van der Waals surface area contributed by atoms with Crippen LogP contribution in [0.15, 0.2) is 71.4 Å². The van der Waals surface area contributed by atoms with Gasteiger partial charge in [0.05, 0.1) is 12.2 Å². The summed E-state index contributed by atoms with van der Waals surface area (Å²) in [5.74, 6) is 1.64. The van der Waals surface area contributed by atoms with Crippen LogP contribution in [0.2, 0.25) is 0 Å². The smallest absolute Gasteiger partial charge is 0.211 e. The molecule has 2 aromatic heterocycles. The molecule has 1 fully saturated rings. The Bertz CT molecular complexity index is 1180. The Morgan fingerprint density at radius 2 is 1.82 bits per heavy atom. The van der Waals surface area contributed by atoms with Gasteiger partial charge in [-0.05, 0) is 70.3 Å². The van der Waals surface area contributed by atoms with E-state index in [0.717, 1.165) is 43.8 Å². The summed E-state index contributed by atoms with van der Waals surface area (Å²) in [6.07, 6.45) is 9.31. The number of oxazole rings is 1. The highest BCUT2D eigenvalue weighted by molar-refractivity contribution is 5.83. The number of nitrogens with one attached hydrogen (secondary N) is 2. The van der Waals surface area contributed by atoms with Gasteiger partial charge in [0.2, 0.25) is 5.89 Å². The van der Waals surface area contributed by atoms with Gasteiger partial charge in [0.15, 0.2) is 0 Å². The molecule has 5 rings (SSSR count). The number of H-pyrrole nitrogens is 1. The number of hydrogen-bond acceptors (Lipinski definition) is 4. The molecule has 0 radical (unpaired) electrons. The summed E-state index contributed by atoms with van der Waals surface area (Å²) >= 11 is 0. The van der Waals surface area contributed by atoms with E-state index in [4.69, 9.17) is 4.42 Å². The quantitative estimate of drug-likeness (QED) is 0.383. The van der Waals surface area contributed by atoms with Gasteiger partial charge in [-0.3, -0.25) is 4.90 Å². The second kappa shape index (κ2) is 9.16. The number of nitrogens with zero attached hydrogens (tertiary/aromatic N) is 2. The first kappa shape index (κ1) is 21.9. The first-order valence-corrected chi connectivity index (χ1v) is 12.0. The predicted octanol–water partition coefficient (Wildman–Crippen LogP) is 5.74. The predicted molar refractivity (Wildman–Crippen MR) is 133 cm³/mol. The van der Waals surface area contributed by atoms with E-state index in [1.807, 2.05) is 13.1 Å². The van der Waals surface area contributed by atoms with Crippen molar-refractivity contribution >= 4 is 10.9 Å². The molecule has 172 valence electrons. The Morgan fingerprint density at radius 1 is 1.09 bits per heavy atom. The Balaban J connectivity index is 1.35. The van der Waals surface area contributed by atoms with Crippen molar-refractivity contribution in [3.63, 3.8) is 0 Å². The van der Waals surface area contributed by atoms with Gasteiger partial charge in [0, 0.05) is 28.7 Å². The molecule has 0 saturated heterocycles. The summed E-state index contributed by atoms with van der Waals surface area (Å²) in [5.41, 5.74) is 3.99. The van der Waals surface area contributed by atoms with Crippen molar-refractivity contribution in [3.8, 4) is 0 Å². The molecule has 5 heteroatoms. The number of fused-ring (bicyclic) bond motifs is 1. The minimum absolute atomic E-state index is 0.0477. The SMILES string of the molecule is Cc1cnc([C@@H](Cc2c[nH]c3ccccc23)NC2CCC(c3ccccc3)(N(C)C)CC2)o1. The fourth-order valence-corrected chi connectivity index (χ4v) is 5.56. The van der Waals surface area contributed by atoms with E-state index in [2.05, 4.69) is 95.1 Å². The first-order valence-electron chi connectivity index (χ1n) is 12.0. The summed E-state index contributed by atoms with van der Waals surface area (Å²) in [7, 11) is 4.44. The van der Waals surface area contributed by atoms with Gasteiger partial charge >= 0.3 is 0 Å². The number of benzene rings is 2. The normalized spacial score (nSPS) is 22.1. The standard InChI is InChI=1S/C28H34N4O/c1-20-18-30-27(33-20)26(17-21-19-29-25-12-8-7-11-24(21)25)31-23-13-15-28(16-14-23,32(2)3)22-9-5-4-6-10-22/h4-12,18-19,23,26,29,31H,13-17H2,1-3H3/t23?,26-,28?/m1/s1. The molecule has 2 aromatic carbocycles. The third-order valence-electron chi connectivity index (χ3n) is 7.45. The zero-order valence-electron chi connectivity index (χ0n) is 19.8. The van der Waals surface area contributed by atoms with Crippen molar-refractivity contribution in [2.75, 3.05) is 14.1 Å². The molecule has 5 nitrogen and oxygen atoms in total. The fourth-order valence-electron chi connectivity index (χ4n) is 5.56. The molecule has 1 aliphatic carbocycles. The number of aromatic amines is 1. The number of hydrogen-bond donors (Lipinski definition) is 2. The van der Waals surface area contributed by atoms with Gasteiger partial charge in [0.25, 0.3) is 0 Å². The highest BCUT2D eigenvalue weighted by Crippen LogP contribution is 2.41. The van der Waals surface area contributed by atoms with Crippen LogP contribution in [-0.2, 0) is 12.0 Å². The molecular formula is C28H34N4O. The molecule has 0 bridgehead atoms. The number of aromatic nitrogens is 2. The molecule has 0 spiro atoms. The average Bonchev–Trinajstić information content (AvgIpc) is 3.46. The van der Waals surface area contributed by atoms with E-state index in [9.17, 15) is 0 Å². The fraction of sp³-hybridized carbons (Fsp3) is 0.393. The Hall–Kier alpha value is -2.89. The van der Waals surface area contributed by atoms with E-state index in [1.165, 1.54) is 22.0 Å². The molecule has 4 aromatic rings. The van der Waals surface area contributed by atoms with Crippen molar-refractivity contribution in [2.45, 2.75) is 56.7 Å². The number of rotatable bonds is 7. The second-order valence-corrected chi connectivity index (χ2v) is 9.66. The summed E-state index contributed by atoms with van der Waals surface area (Å²) in [6.45, 7) is 1.96. The van der Waals surface area contributed by atoms with Crippen LogP contribution >= 0.6 is 0 Å². The topological polar surface area (TPSA) is 57.1 Å². The maximum absolute atomic E-state index is 6.00. The largest absolute Gasteiger partial charge is 0.444 e. The Morgan fingerprint density at radius 3 is 2.52 bits per heavy atom. The van der Waals surface area contributed by atoms with Gasteiger partial charge in [0.1, 0.15) is 5.76 Å². The van der Waals surface area contributed by atoms with Gasteiger partial charge in [-0.15, -0.1) is 0 Å². The van der Waals surface area contributed by atoms with E-state index in [0.29, 0.717) is 6.04 Å². The monoisotopic (exact) mass is 442 g/mol. The van der Waals surface area contributed by atoms with E-state index < -0.39 is 0 Å². The maximum atomic E-state index is 6.00. The zero-order valence-corrected chi connectivity index (χ0v) is 19.8. The Labute approximate surface area is 196 Å². The lowest BCUT2D eigenvalue weighted by Crippen LogP contribution is -2.48. The summed E-state index contributed by atoms with van der Waals surface area (Å²) in [5, 5.41) is 5.20. The lowest BCUT2D eigenvalue weighted by atomic mass is 9.74.